The molecule has 1 aliphatic rings. The Kier molecular flexibility index (Phi) is 7.06. The minimum Gasteiger partial charge on any atom is -0.373 e. The van der Waals surface area contributed by atoms with Crippen LogP contribution in [-0.4, -0.2) is 50.3 Å². The van der Waals surface area contributed by atoms with E-state index in [1.807, 2.05) is 0 Å². The molecule has 0 aromatic heterocycles. The van der Waals surface area contributed by atoms with Crippen molar-refractivity contribution < 1.29 is 4.74 Å². The Morgan fingerprint density at radius 3 is 2.79 bits per heavy atom. The minimum absolute atomic E-state index is 0.0672. The summed E-state index contributed by atoms with van der Waals surface area (Å²) in [4.78, 5) is 6.61. The number of rotatable bonds is 7. The van der Waals surface area contributed by atoms with Crippen molar-refractivity contribution in [2.45, 2.75) is 45.4 Å². The van der Waals surface area contributed by atoms with Crippen LogP contribution in [-0.2, 0) is 17.8 Å². The van der Waals surface area contributed by atoms with Crippen LogP contribution in [0.15, 0.2) is 29.3 Å². The minimum atomic E-state index is -0.0672. The third-order valence-corrected chi connectivity index (χ3v) is 4.60. The quantitative estimate of drug-likeness (QED) is 0.594. The first kappa shape index (κ1) is 18.7. The molecule has 1 unspecified atom stereocenters. The zero-order chi connectivity index (χ0) is 17.4. The summed E-state index contributed by atoms with van der Waals surface area (Å²) < 4.78 is 5.81. The maximum atomic E-state index is 5.81. The highest BCUT2D eigenvalue weighted by Crippen LogP contribution is 2.23. The molecule has 24 heavy (non-hydrogen) atoms. The van der Waals surface area contributed by atoms with Gasteiger partial charge in [-0.2, -0.15) is 0 Å². The number of nitrogens with one attached hydrogen (secondary N) is 2. The van der Waals surface area contributed by atoms with E-state index in [-0.39, 0.29) is 5.60 Å². The summed E-state index contributed by atoms with van der Waals surface area (Å²) in [6, 6.07) is 8.71. The standard InChI is InChI=1S/C19H32N4O/c1-5-23(4)14-17-9-6-8-16(12-17)13-21-18(20-3)22-15-19(2)10-7-11-24-19/h6,8-9,12H,5,7,10-11,13-15H2,1-4H3,(H2,20,21,22). The third-order valence-electron chi connectivity index (χ3n) is 4.60. The molecule has 1 atom stereocenters. The van der Waals surface area contributed by atoms with E-state index in [4.69, 9.17) is 4.74 Å². The van der Waals surface area contributed by atoms with Crippen LogP contribution in [0.1, 0.15) is 37.8 Å². The molecule has 5 heteroatoms. The lowest BCUT2D eigenvalue weighted by Crippen LogP contribution is -2.45. The van der Waals surface area contributed by atoms with E-state index in [0.29, 0.717) is 0 Å². The SMILES string of the molecule is CCN(C)Cc1cccc(CNC(=NC)NCC2(C)CCCO2)c1. The summed E-state index contributed by atoms with van der Waals surface area (Å²) in [5.41, 5.74) is 2.54. The summed E-state index contributed by atoms with van der Waals surface area (Å²) in [6.07, 6.45) is 2.24. The van der Waals surface area contributed by atoms with Gasteiger partial charge in [-0.05, 0) is 44.5 Å². The van der Waals surface area contributed by atoms with Gasteiger partial charge in [-0.1, -0.05) is 31.2 Å². The van der Waals surface area contributed by atoms with Gasteiger partial charge in [0.25, 0.3) is 0 Å². The van der Waals surface area contributed by atoms with Crippen LogP contribution < -0.4 is 10.6 Å². The molecule has 2 N–H and O–H groups in total. The van der Waals surface area contributed by atoms with E-state index in [1.54, 1.807) is 7.05 Å². The van der Waals surface area contributed by atoms with Crippen molar-refractivity contribution >= 4 is 5.96 Å². The van der Waals surface area contributed by atoms with Gasteiger partial charge in [0.05, 0.1) is 5.60 Å². The molecule has 0 spiro atoms. The molecular formula is C19H32N4O. The lowest BCUT2D eigenvalue weighted by atomic mass is 10.0. The van der Waals surface area contributed by atoms with Crippen molar-refractivity contribution in [3.8, 4) is 0 Å². The smallest absolute Gasteiger partial charge is 0.191 e. The highest BCUT2D eigenvalue weighted by molar-refractivity contribution is 5.79. The van der Waals surface area contributed by atoms with Gasteiger partial charge in [-0.15, -0.1) is 0 Å². The second-order valence-corrected chi connectivity index (χ2v) is 6.83. The molecule has 1 heterocycles. The van der Waals surface area contributed by atoms with Crippen molar-refractivity contribution in [2.75, 3.05) is 33.8 Å². The molecule has 0 amide bonds. The first-order valence-electron chi connectivity index (χ1n) is 8.89. The Morgan fingerprint density at radius 2 is 2.12 bits per heavy atom. The molecule has 2 rings (SSSR count). The van der Waals surface area contributed by atoms with Gasteiger partial charge < -0.3 is 20.3 Å². The Morgan fingerprint density at radius 1 is 1.33 bits per heavy atom. The van der Waals surface area contributed by atoms with Crippen molar-refractivity contribution in [2.24, 2.45) is 4.99 Å². The maximum absolute atomic E-state index is 5.81. The van der Waals surface area contributed by atoms with Crippen LogP contribution in [0.5, 0.6) is 0 Å². The molecule has 1 aliphatic heterocycles. The van der Waals surface area contributed by atoms with E-state index in [9.17, 15) is 0 Å². The molecule has 134 valence electrons. The molecule has 0 aliphatic carbocycles. The Bertz CT molecular complexity index is 538. The number of nitrogens with zero attached hydrogens (tertiary/aromatic N) is 2. The fourth-order valence-electron chi connectivity index (χ4n) is 2.91. The Balaban J connectivity index is 1.83. The molecular weight excluding hydrogens is 300 g/mol. The molecule has 0 bridgehead atoms. The molecule has 1 fully saturated rings. The topological polar surface area (TPSA) is 48.9 Å². The predicted octanol–water partition coefficient (Wildman–Crippen LogP) is 2.37. The molecule has 0 radical (unpaired) electrons. The lowest BCUT2D eigenvalue weighted by Gasteiger charge is -2.24. The van der Waals surface area contributed by atoms with Crippen LogP contribution >= 0.6 is 0 Å². The van der Waals surface area contributed by atoms with Gasteiger partial charge in [0.2, 0.25) is 0 Å². The van der Waals surface area contributed by atoms with Crippen LogP contribution in [0.3, 0.4) is 0 Å². The van der Waals surface area contributed by atoms with Crippen LogP contribution in [0.25, 0.3) is 0 Å². The fourth-order valence-corrected chi connectivity index (χ4v) is 2.91. The lowest BCUT2D eigenvalue weighted by molar-refractivity contribution is 0.0243. The largest absolute Gasteiger partial charge is 0.373 e. The first-order valence-corrected chi connectivity index (χ1v) is 8.89. The number of ether oxygens (including phenoxy) is 1. The van der Waals surface area contributed by atoms with E-state index in [2.05, 4.69) is 65.7 Å². The van der Waals surface area contributed by atoms with Gasteiger partial charge in [0, 0.05) is 33.3 Å². The van der Waals surface area contributed by atoms with Crippen LogP contribution in [0.2, 0.25) is 0 Å². The van der Waals surface area contributed by atoms with Gasteiger partial charge in [0.1, 0.15) is 0 Å². The van der Waals surface area contributed by atoms with Gasteiger partial charge in [-0.25, -0.2) is 0 Å². The number of guanidine groups is 1. The van der Waals surface area contributed by atoms with E-state index < -0.39 is 0 Å². The summed E-state index contributed by atoms with van der Waals surface area (Å²) >= 11 is 0. The highest BCUT2D eigenvalue weighted by atomic mass is 16.5. The fraction of sp³-hybridized carbons (Fsp3) is 0.632. The summed E-state index contributed by atoms with van der Waals surface area (Å²) in [7, 11) is 3.95. The second-order valence-electron chi connectivity index (χ2n) is 6.83. The maximum Gasteiger partial charge on any atom is 0.191 e. The zero-order valence-corrected chi connectivity index (χ0v) is 15.6. The Hall–Kier alpha value is -1.59. The highest BCUT2D eigenvalue weighted by Gasteiger charge is 2.29. The number of hydrogen-bond acceptors (Lipinski definition) is 3. The van der Waals surface area contributed by atoms with Gasteiger partial charge in [0.15, 0.2) is 5.96 Å². The van der Waals surface area contributed by atoms with Crippen molar-refractivity contribution in [3.05, 3.63) is 35.4 Å². The number of hydrogen-bond donors (Lipinski definition) is 2. The number of benzene rings is 1. The normalized spacial score (nSPS) is 21.3. The molecule has 1 aromatic carbocycles. The monoisotopic (exact) mass is 332 g/mol. The van der Waals surface area contributed by atoms with Crippen molar-refractivity contribution in [1.29, 1.82) is 0 Å². The van der Waals surface area contributed by atoms with Crippen molar-refractivity contribution in [1.82, 2.24) is 15.5 Å². The first-order chi connectivity index (χ1) is 11.5. The molecule has 1 saturated heterocycles. The average molecular weight is 332 g/mol. The summed E-state index contributed by atoms with van der Waals surface area (Å²) in [5, 5.41) is 6.77. The molecule has 5 nitrogen and oxygen atoms in total. The van der Waals surface area contributed by atoms with E-state index in [1.165, 1.54) is 11.1 Å². The van der Waals surface area contributed by atoms with Crippen LogP contribution in [0, 0.1) is 0 Å². The average Bonchev–Trinajstić information content (AvgIpc) is 3.02. The second kappa shape index (κ2) is 9.04. The zero-order valence-electron chi connectivity index (χ0n) is 15.6. The van der Waals surface area contributed by atoms with E-state index in [0.717, 1.165) is 51.6 Å². The summed E-state index contributed by atoms with van der Waals surface area (Å²) in [5.74, 6) is 0.822. The van der Waals surface area contributed by atoms with Crippen LogP contribution in [0.4, 0.5) is 0 Å². The molecule has 1 aromatic rings. The number of aliphatic imine (C=N–C) groups is 1. The van der Waals surface area contributed by atoms with E-state index >= 15 is 0 Å². The van der Waals surface area contributed by atoms with Gasteiger partial charge >= 0.3 is 0 Å². The molecule has 0 saturated carbocycles. The Labute approximate surface area is 146 Å². The van der Waals surface area contributed by atoms with Gasteiger partial charge in [-0.3, -0.25) is 4.99 Å². The predicted molar refractivity (Wildman–Crippen MR) is 100 cm³/mol. The third kappa shape index (κ3) is 5.80. The summed E-state index contributed by atoms with van der Waals surface area (Å²) in [6.45, 7) is 8.79. The van der Waals surface area contributed by atoms with Crippen molar-refractivity contribution in [3.63, 3.8) is 0 Å².